The molecule has 0 atom stereocenters. The van der Waals surface area contributed by atoms with Gasteiger partial charge in [0.25, 0.3) is 0 Å². The van der Waals surface area contributed by atoms with Crippen LogP contribution < -0.4 is 25.3 Å². The van der Waals surface area contributed by atoms with Gasteiger partial charge >= 0.3 is 6.18 Å². The van der Waals surface area contributed by atoms with E-state index < -0.39 is 12.8 Å². The monoisotopic (exact) mass is 384 g/mol. The molecule has 146 valence electrons. The molecule has 27 heavy (non-hydrogen) atoms. The average Bonchev–Trinajstić information content (AvgIpc) is 2.65. The van der Waals surface area contributed by atoms with E-state index in [9.17, 15) is 13.2 Å². The van der Waals surface area contributed by atoms with Crippen LogP contribution in [-0.4, -0.2) is 37.9 Å². The first-order valence-corrected chi connectivity index (χ1v) is 7.74. The first-order valence-electron chi connectivity index (χ1n) is 7.74. The van der Waals surface area contributed by atoms with Gasteiger partial charge in [0.1, 0.15) is 11.5 Å². The molecule has 0 fully saturated rings. The molecule has 0 amide bonds. The number of methoxy groups -OCH3 is 2. The zero-order valence-electron chi connectivity index (χ0n) is 14.7. The summed E-state index contributed by atoms with van der Waals surface area (Å²) in [5.41, 5.74) is 7.09. The molecule has 0 radical (unpaired) electrons. The van der Waals surface area contributed by atoms with Gasteiger partial charge in [0.05, 0.1) is 26.5 Å². The Morgan fingerprint density at radius 1 is 1.19 bits per heavy atom. The van der Waals surface area contributed by atoms with Crippen LogP contribution >= 0.6 is 0 Å². The van der Waals surface area contributed by atoms with Gasteiger partial charge in [-0.05, 0) is 17.7 Å². The van der Waals surface area contributed by atoms with Gasteiger partial charge in [-0.15, -0.1) is 0 Å². The van der Waals surface area contributed by atoms with Crippen molar-refractivity contribution in [2.45, 2.75) is 12.7 Å². The highest BCUT2D eigenvalue weighted by molar-refractivity contribution is 5.94. The van der Waals surface area contributed by atoms with Crippen LogP contribution in [-0.2, 0) is 6.54 Å². The molecular weight excluding hydrogens is 365 g/mol. The summed E-state index contributed by atoms with van der Waals surface area (Å²) in [5.74, 6) is 1.18. The lowest BCUT2D eigenvalue weighted by Gasteiger charge is -2.12. The maximum absolute atomic E-state index is 12.1. The standard InChI is InChI=1S/C17H19F3N4O3/c1-25-12-4-5-14(26-2)13(7-12)24-16(21)23-9-11-3-6-15(22-8-11)27-10-17(18,19)20/h3-8H,9-10H2,1-2H3,(H3,21,23,24). The molecule has 0 aliphatic heterocycles. The van der Waals surface area contributed by atoms with Crippen LogP contribution in [0.15, 0.2) is 41.5 Å². The second-order valence-corrected chi connectivity index (χ2v) is 5.30. The first kappa shape index (κ1) is 20.1. The molecule has 1 aromatic heterocycles. The summed E-state index contributed by atoms with van der Waals surface area (Å²) in [6.07, 6.45) is -3.04. The van der Waals surface area contributed by atoms with E-state index in [-0.39, 0.29) is 18.4 Å². The predicted molar refractivity (Wildman–Crippen MR) is 94.3 cm³/mol. The van der Waals surface area contributed by atoms with Crippen molar-refractivity contribution in [3.05, 3.63) is 42.1 Å². The molecule has 7 nitrogen and oxygen atoms in total. The fourth-order valence-corrected chi connectivity index (χ4v) is 2.01. The summed E-state index contributed by atoms with van der Waals surface area (Å²) < 4.78 is 51.2. The summed E-state index contributed by atoms with van der Waals surface area (Å²) in [4.78, 5) is 7.97. The third kappa shape index (κ3) is 6.57. The Kier molecular flexibility index (Phi) is 6.69. The minimum Gasteiger partial charge on any atom is -0.497 e. The molecule has 10 heteroatoms. The van der Waals surface area contributed by atoms with E-state index >= 15 is 0 Å². The van der Waals surface area contributed by atoms with Crippen LogP contribution in [0.3, 0.4) is 0 Å². The largest absolute Gasteiger partial charge is 0.497 e. The van der Waals surface area contributed by atoms with E-state index in [1.807, 2.05) is 0 Å². The first-order chi connectivity index (χ1) is 12.8. The minimum atomic E-state index is -4.41. The summed E-state index contributed by atoms with van der Waals surface area (Å²) in [7, 11) is 3.06. The molecule has 1 heterocycles. The lowest BCUT2D eigenvalue weighted by atomic mass is 10.2. The summed E-state index contributed by atoms with van der Waals surface area (Å²) in [6.45, 7) is -1.21. The SMILES string of the molecule is COc1ccc(OC)c(NC(N)=NCc2ccc(OCC(F)(F)F)nc2)c1. The summed E-state index contributed by atoms with van der Waals surface area (Å²) >= 11 is 0. The highest BCUT2D eigenvalue weighted by atomic mass is 19.4. The van der Waals surface area contributed by atoms with Crippen molar-refractivity contribution in [3.63, 3.8) is 0 Å². The minimum absolute atomic E-state index is 0.118. The maximum Gasteiger partial charge on any atom is 0.422 e. The second kappa shape index (κ2) is 8.97. The topological polar surface area (TPSA) is 91.0 Å². The number of hydrogen-bond donors (Lipinski definition) is 2. The Bertz CT molecular complexity index is 780. The van der Waals surface area contributed by atoms with Crippen molar-refractivity contribution >= 4 is 11.6 Å². The van der Waals surface area contributed by atoms with Crippen molar-refractivity contribution in [2.24, 2.45) is 10.7 Å². The highest BCUT2D eigenvalue weighted by Crippen LogP contribution is 2.28. The van der Waals surface area contributed by atoms with Gasteiger partial charge in [-0.1, -0.05) is 6.07 Å². The molecule has 0 bridgehead atoms. The van der Waals surface area contributed by atoms with E-state index in [0.717, 1.165) is 0 Å². The number of aromatic nitrogens is 1. The molecule has 0 spiro atoms. The van der Waals surface area contributed by atoms with Crippen molar-refractivity contribution in [2.75, 3.05) is 26.1 Å². The smallest absolute Gasteiger partial charge is 0.422 e. The number of nitrogens with zero attached hydrogens (tertiary/aromatic N) is 2. The Labute approximate surface area is 154 Å². The molecule has 2 aromatic rings. The third-order valence-electron chi connectivity index (χ3n) is 3.28. The number of nitrogens with two attached hydrogens (primary N) is 1. The fourth-order valence-electron chi connectivity index (χ4n) is 2.01. The molecule has 0 saturated carbocycles. The third-order valence-corrected chi connectivity index (χ3v) is 3.28. The van der Waals surface area contributed by atoms with Crippen molar-refractivity contribution in [3.8, 4) is 17.4 Å². The molecule has 3 N–H and O–H groups in total. The molecule has 0 aliphatic carbocycles. The quantitative estimate of drug-likeness (QED) is 0.563. The van der Waals surface area contributed by atoms with Gasteiger partial charge in [0, 0.05) is 18.3 Å². The number of rotatable bonds is 7. The van der Waals surface area contributed by atoms with E-state index in [0.29, 0.717) is 22.7 Å². The van der Waals surface area contributed by atoms with Gasteiger partial charge in [-0.25, -0.2) is 9.98 Å². The Hall–Kier alpha value is -3.17. The van der Waals surface area contributed by atoms with E-state index in [1.165, 1.54) is 26.5 Å². The molecule has 0 unspecified atom stereocenters. The number of guanidine groups is 1. The van der Waals surface area contributed by atoms with Crippen LogP contribution in [0.25, 0.3) is 0 Å². The normalized spacial score (nSPS) is 11.8. The van der Waals surface area contributed by atoms with E-state index in [1.54, 1.807) is 24.3 Å². The summed E-state index contributed by atoms with van der Waals surface area (Å²) in [6, 6.07) is 8.06. The number of hydrogen-bond acceptors (Lipinski definition) is 5. The number of alkyl halides is 3. The average molecular weight is 384 g/mol. The van der Waals surface area contributed by atoms with Crippen LogP contribution in [0.1, 0.15) is 5.56 Å². The van der Waals surface area contributed by atoms with E-state index in [4.69, 9.17) is 15.2 Å². The predicted octanol–water partition coefficient (Wildman–Crippen LogP) is 2.97. The zero-order valence-corrected chi connectivity index (χ0v) is 14.7. The van der Waals surface area contributed by atoms with Gasteiger partial charge < -0.3 is 25.3 Å². The Morgan fingerprint density at radius 3 is 2.56 bits per heavy atom. The van der Waals surface area contributed by atoms with Crippen LogP contribution in [0.4, 0.5) is 18.9 Å². The number of nitrogens with one attached hydrogen (secondary N) is 1. The molecule has 1 aromatic carbocycles. The van der Waals surface area contributed by atoms with Gasteiger partial charge in [0.15, 0.2) is 12.6 Å². The summed E-state index contributed by atoms with van der Waals surface area (Å²) in [5, 5.41) is 2.91. The highest BCUT2D eigenvalue weighted by Gasteiger charge is 2.28. The molecule has 0 aliphatic rings. The zero-order chi connectivity index (χ0) is 19.9. The number of aliphatic imine (C=N–C) groups is 1. The number of pyridine rings is 1. The van der Waals surface area contributed by atoms with Crippen LogP contribution in [0, 0.1) is 0 Å². The van der Waals surface area contributed by atoms with Crippen LogP contribution in [0.2, 0.25) is 0 Å². The van der Waals surface area contributed by atoms with Gasteiger partial charge in [-0.2, -0.15) is 13.2 Å². The second-order valence-electron chi connectivity index (χ2n) is 5.30. The fraction of sp³-hybridized carbons (Fsp3) is 0.294. The van der Waals surface area contributed by atoms with Crippen molar-refractivity contribution < 1.29 is 27.4 Å². The van der Waals surface area contributed by atoms with Gasteiger partial charge in [-0.3, -0.25) is 0 Å². The lowest BCUT2D eigenvalue weighted by molar-refractivity contribution is -0.154. The lowest BCUT2D eigenvalue weighted by Crippen LogP contribution is -2.23. The van der Waals surface area contributed by atoms with Crippen LogP contribution in [0.5, 0.6) is 17.4 Å². The van der Waals surface area contributed by atoms with Gasteiger partial charge in [0.2, 0.25) is 5.88 Å². The Morgan fingerprint density at radius 2 is 1.96 bits per heavy atom. The van der Waals surface area contributed by atoms with E-state index in [2.05, 4.69) is 20.0 Å². The molecule has 2 rings (SSSR count). The number of halogens is 3. The number of ether oxygens (including phenoxy) is 3. The Balaban J connectivity index is 1.97. The number of benzene rings is 1. The maximum atomic E-state index is 12.1. The van der Waals surface area contributed by atoms with Crippen molar-refractivity contribution in [1.82, 2.24) is 4.98 Å². The molecule has 0 saturated heterocycles. The van der Waals surface area contributed by atoms with Crippen molar-refractivity contribution in [1.29, 1.82) is 0 Å². The number of anilines is 1. The molecular formula is C17H19F3N4O3.